The number of benzene rings is 2. The van der Waals surface area contributed by atoms with Crippen molar-refractivity contribution in [2.75, 3.05) is 32.7 Å². The number of carbonyl (C=O) groups excluding carboxylic acids is 2. The lowest BCUT2D eigenvalue weighted by molar-refractivity contribution is -0.125. The van der Waals surface area contributed by atoms with Crippen LogP contribution in [-0.2, 0) is 29.0 Å². The number of nitrogens with zero attached hydrogens (tertiary/aromatic N) is 3. The van der Waals surface area contributed by atoms with E-state index < -0.39 is 6.04 Å². The minimum atomic E-state index is -0.431. The molecule has 80 heavy (non-hydrogen) atoms. The Balaban J connectivity index is 0.741. The summed E-state index contributed by atoms with van der Waals surface area (Å²) in [4.78, 5) is 36.0. The van der Waals surface area contributed by atoms with E-state index in [1.807, 2.05) is 37.3 Å². The molecule has 2 amide bonds. The van der Waals surface area contributed by atoms with Crippen molar-refractivity contribution in [1.82, 2.24) is 46.7 Å². The Morgan fingerprint density at radius 2 is 1.61 bits per heavy atom. The number of hydrogen-bond acceptors (Lipinski definition) is 9. The number of aromatic nitrogens is 1. The predicted octanol–water partition coefficient (Wildman–Crippen LogP) is 12.6. The van der Waals surface area contributed by atoms with E-state index in [0.29, 0.717) is 31.1 Å². The van der Waals surface area contributed by atoms with Gasteiger partial charge < -0.3 is 41.7 Å². The van der Waals surface area contributed by atoms with Gasteiger partial charge in [0, 0.05) is 86.7 Å². The highest BCUT2D eigenvalue weighted by molar-refractivity contribution is 5.93. The number of aryl methyl sites for hydroxylation is 1. The molecule has 0 bridgehead atoms. The van der Waals surface area contributed by atoms with E-state index >= 15 is 4.39 Å². The molecule has 2 aromatic carbocycles. The molecule has 6 N–H and O–H groups in total. The van der Waals surface area contributed by atoms with Crippen LogP contribution in [0.2, 0.25) is 0 Å². The summed E-state index contributed by atoms with van der Waals surface area (Å²) in [7, 11) is 0. The topological polar surface area (TPSA) is 126 Å². The number of carbonyl (C=O) groups is 2. The predicted molar refractivity (Wildman–Crippen MR) is 326 cm³/mol. The number of allylic oxidation sites excluding steroid dienone is 6. The fourth-order valence-electron chi connectivity index (χ4n) is 13.4. The summed E-state index contributed by atoms with van der Waals surface area (Å²) < 4.78 is 15.7. The number of halogens is 1. The highest BCUT2D eigenvalue weighted by Crippen LogP contribution is 2.54. The second-order valence-electron chi connectivity index (χ2n) is 23.8. The SMILES string of the molecule is C=C(CCCCCN1C(=C)C(C)(CC)C1=C)NCC(=O)NCC(=O)NC(Cc1ccccc1)C(=C)NCC(=C)NCCCC1(C(=C)NC2CCc3c(C)c(F)cc4nc5c(c2c34)CN2C(=C)C3=C(C=C52)C(CC)C(=C)CC3)CCC1. The van der Waals surface area contributed by atoms with Gasteiger partial charge in [-0.1, -0.05) is 115 Å². The number of unbranched alkanes of at least 4 members (excludes halogenated alkanes) is 2. The van der Waals surface area contributed by atoms with Gasteiger partial charge in [0.2, 0.25) is 11.8 Å². The zero-order valence-electron chi connectivity index (χ0n) is 48.5. The Morgan fingerprint density at radius 3 is 2.33 bits per heavy atom. The summed E-state index contributed by atoms with van der Waals surface area (Å²) in [5, 5.41) is 21.1. The number of fused-ring (bicyclic) bond motifs is 4. The lowest BCUT2D eigenvalue weighted by Gasteiger charge is -2.53. The number of pyridine rings is 1. The minimum absolute atomic E-state index is 0.0185. The maximum Gasteiger partial charge on any atom is 0.239 e. The molecule has 11 nitrogen and oxygen atoms in total. The number of likely N-dealkylation sites (tertiary alicyclic amines) is 1. The summed E-state index contributed by atoms with van der Waals surface area (Å²) in [5.41, 5.74) is 18.7. The summed E-state index contributed by atoms with van der Waals surface area (Å²) in [6.45, 7) is 46.5. The van der Waals surface area contributed by atoms with Gasteiger partial charge in [-0.15, -0.1) is 0 Å². The van der Waals surface area contributed by atoms with Gasteiger partial charge in [-0.3, -0.25) is 9.59 Å². The fourth-order valence-corrected chi connectivity index (χ4v) is 13.4. The molecule has 9 rings (SSSR count). The number of rotatable bonds is 28. The number of nitrogens with one attached hydrogen (secondary N) is 6. The van der Waals surface area contributed by atoms with Crippen LogP contribution in [0.1, 0.15) is 150 Å². The Morgan fingerprint density at radius 1 is 0.863 bits per heavy atom. The second kappa shape index (κ2) is 24.3. The van der Waals surface area contributed by atoms with E-state index in [0.717, 1.165) is 183 Å². The maximum absolute atomic E-state index is 15.7. The fraction of sp³-hybridized carbons (Fsp3) is 0.456. The van der Waals surface area contributed by atoms with Gasteiger partial charge in [0.25, 0.3) is 0 Å². The van der Waals surface area contributed by atoms with Crippen LogP contribution in [-0.4, -0.2) is 65.4 Å². The van der Waals surface area contributed by atoms with Gasteiger partial charge >= 0.3 is 0 Å². The third kappa shape index (κ3) is 11.6. The third-order valence-corrected chi connectivity index (χ3v) is 18.9. The summed E-state index contributed by atoms with van der Waals surface area (Å²) in [6, 6.07) is 11.2. The standard InChI is InChI=1S/C68H88FN9O2/c1-13-52-42(3)26-27-54-47(8)78-41-56-65-58(29-28-53-45(6)57(69)37-60(64(53)65)76-66(56)61(78)36-55(52)54)74-48(9)68(30-21-31-68)32-22-33-70-44(5)38-72-46(7)59(35-51-24-18-15-19-25-51)75-63(80)40-73-62(79)39-71-43(4)23-17-16-20-34-77-49(10)67(12,14-2)50(77)11/h15,18-19,24-25,36-37,52,58-59,70-72,74H,3-5,7-11,13-14,16-17,20-23,26-35,38-41H2,1-2,6,12H3,(H,73,79)(H,75,80). The van der Waals surface area contributed by atoms with Crippen LogP contribution in [0.5, 0.6) is 0 Å². The highest BCUT2D eigenvalue weighted by Gasteiger charge is 2.46. The van der Waals surface area contributed by atoms with Crippen LogP contribution in [0.25, 0.3) is 16.6 Å². The van der Waals surface area contributed by atoms with Crippen molar-refractivity contribution < 1.29 is 14.0 Å². The lowest BCUT2D eigenvalue weighted by atomic mass is 9.64. The van der Waals surface area contributed by atoms with Crippen molar-refractivity contribution in [3.8, 4) is 0 Å². The molecule has 6 aliphatic rings. The maximum atomic E-state index is 15.7. The summed E-state index contributed by atoms with van der Waals surface area (Å²) >= 11 is 0. The molecule has 0 spiro atoms. The quantitative estimate of drug-likeness (QED) is 0.0311. The molecule has 3 aromatic rings. The first-order valence-corrected chi connectivity index (χ1v) is 29.6. The van der Waals surface area contributed by atoms with E-state index in [4.69, 9.17) is 11.6 Å². The third-order valence-electron chi connectivity index (χ3n) is 18.9. The smallest absolute Gasteiger partial charge is 0.239 e. The first kappa shape index (κ1) is 57.6. The molecule has 3 aliphatic heterocycles. The van der Waals surface area contributed by atoms with Crippen molar-refractivity contribution in [3.05, 3.63) is 191 Å². The molecule has 1 saturated carbocycles. The van der Waals surface area contributed by atoms with Crippen molar-refractivity contribution in [3.63, 3.8) is 0 Å². The van der Waals surface area contributed by atoms with Crippen LogP contribution in [0.4, 0.5) is 4.39 Å². The molecule has 1 aromatic heterocycles. The number of amides is 2. The van der Waals surface area contributed by atoms with E-state index in [1.165, 1.54) is 27.8 Å². The molecule has 3 aliphatic carbocycles. The van der Waals surface area contributed by atoms with Crippen LogP contribution in [0.3, 0.4) is 0 Å². The molecular formula is C68H88FN9O2. The minimum Gasteiger partial charge on any atom is -0.387 e. The molecule has 424 valence electrons. The lowest BCUT2D eigenvalue weighted by Crippen LogP contribution is -2.48. The van der Waals surface area contributed by atoms with Crippen LogP contribution >= 0.6 is 0 Å². The van der Waals surface area contributed by atoms with Crippen molar-refractivity contribution in [1.29, 1.82) is 0 Å². The van der Waals surface area contributed by atoms with E-state index in [2.05, 4.69) is 115 Å². The zero-order valence-corrected chi connectivity index (χ0v) is 48.5. The first-order chi connectivity index (χ1) is 38.4. The average Bonchev–Trinajstić information content (AvgIpc) is 3.98. The Kier molecular flexibility index (Phi) is 17.5. The Bertz CT molecular complexity index is 3090. The zero-order chi connectivity index (χ0) is 57.0. The average molecular weight is 1080 g/mol. The van der Waals surface area contributed by atoms with Gasteiger partial charge in [0.1, 0.15) is 5.82 Å². The van der Waals surface area contributed by atoms with E-state index in [-0.39, 0.29) is 47.6 Å². The largest absolute Gasteiger partial charge is 0.387 e. The Labute approximate surface area is 476 Å². The van der Waals surface area contributed by atoms with E-state index in [1.54, 1.807) is 6.07 Å². The van der Waals surface area contributed by atoms with Gasteiger partial charge in [-0.2, -0.15) is 0 Å². The molecule has 3 unspecified atom stereocenters. The molecule has 1 saturated heterocycles. The second-order valence-corrected chi connectivity index (χ2v) is 23.8. The molecule has 3 atom stereocenters. The summed E-state index contributed by atoms with van der Waals surface area (Å²) in [5.74, 6) is -0.487. The highest BCUT2D eigenvalue weighted by atomic mass is 19.1. The van der Waals surface area contributed by atoms with Crippen molar-refractivity contribution in [2.24, 2.45) is 16.7 Å². The van der Waals surface area contributed by atoms with Gasteiger partial charge in [0.05, 0.1) is 55.2 Å². The normalized spacial score (nSPS) is 19.6. The molecule has 12 heteroatoms. The van der Waals surface area contributed by atoms with Crippen LogP contribution < -0.4 is 31.9 Å². The van der Waals surface area contributed by atoms with Crippen LogP contribution in [0, 0.1) is 29.5 Å². The van der Waals surface area contributed by atoms with Crippen molar-refractivity contribution in [2.45, 2.75) is 149 Å². The van der Waals surface area contributed by atoms with Crippen molar-refractivity contribution >= 4 is 28.4 Å². The molecule has 2 fully saturated rings. The van der Waals surface area contributed by atoms with E-state index in [9.17, 15) is 9.59 Å². The first-order valence-electron chi connectivity index (χ1n) is 29.6. The van der Waals surface area contributed by atoms with Gasteiger partial charge in [-0.05, 0) is 143 Å². The monoisotopic (exact) mass is 1080 g/mol. The van der Waals surface area contributed by atoms with Gasteiger partial charge in [0.15, 0.2) is 0 Å². The number of hydrogen-bond donors (Lipinski definition) is 6. The van der Waals surface area contributed by atoms with Crippen LogP contribution in [0.15, 0.2) is 152 Å². The summed E-state index contributed by atoms with van der Waals surface area (Å²) in [6.07, 6.45) is 17.5. The van der Waals surface area contributed by atoms with Gasteiger partial charge in [-0.25, -0.2) is 9.37 Å². The molecule has 4 heterocycles. The molecular weight excluding hydrogens is 994 g/mol. The molecule has 0 radical (unpaired) electrons. The Hall–Kier alpha value is -7.08.